The number of nitrogens with zero attached hydrogens (tertiary/aromatic N) is 1. The highest BCUT2D eigenvalue weighted by atomic mass is 16.3. The molecule has 6 nitrogen and oxygen atoms in total. The van der Waals surface area contributed by atoms with E-state index in [0.29, 0.717) is 18.1 Å². The molecule has 1 aromatic heterocycles. The predicted molar refractivity (Wildman–Crippen MR) is 73.6 cm³/mol. The molecule has 6 heteroatoms. The minimum Gasteiger partial charge on any atom is -0.397 e. The summed E-state index contributed by atoms with van der Waals surface area (Å²) in [4.78, 5) is 15.5. The monoisotopic (exact) mass is 264 g/mol. The van der Waals surface area contributed by atoms with Crippen LogP contribution in [-0.4, -0.2) is 29.1 Å². The highest BCUT2D eigenvalue weighted by Gasteiger charge is 2.33. The third-order valence-electron chi connectivity index (χ3n) is 3.80. The van der Waals surface area contributed by atoms with Crippen LogP contribution in [0.5, 0.6) is 0 Å². The van der Waals surface area contributed by atoms with Crippen LogP contribution in [-0.2, 0) is 0 Å². The molecule has 1 fully saturated rings. The maximum Gasteiger partial charge on any atom is 0.252 e. The zero-order chi connectivity index (χ0) is 13.9. The van der Waals surface area contributed by atoms with Gasteiger partial charge in [-0.15, -0.1) is 0 Å². The molecule has 2 rings (SSSR count). The Labute approximate surface area is 112 Å². The molecular formula is C13H20N4O2. The first-order valence-electron chi connectivity index (χ1n) is 6.46. The molecule has 1 aromatic rings. The Bertz CT molecular complexity index is 470. The lowest BCUT2D eigenvalue weighted by Gasteiger charge is -2.27. The van der Waals surface area contributed by atoms with Gasteiger partial charge in [-0.25, -0.2) is 4.98 Å². The van der Waals surface area contributed by atoms with Gasteiger partial charge in [0.15, 0.2) is 0 Å². The summed E-state index contributed by atoms with van der Waals surface area (Å²) in [7, 11) is 0. The largest absolute Gasteiger partial charge is 0.397 e. The number of hydrogen-bond acceptors (Lipinski definition) is 5. The van der Waals surface area contributed by atoms with E-state index in [2.05, 4.69) is 10.3 Å². The van der Waals surface area contributed by atoms with Gasteiger partial charge in [0.1, 0.15) is 5.82 Å². The van der Waals surface area contributed by atoms with Crippen molar-refractivity contribution in [2.75, 3.05) is 24.2 Å². The molecule has 0 unspecified atom stereocenters. The predicted octanol–water partition coefficient (Wildman–Crippen LogP) is 0.727. The summed E-state index contributed by atoms with van der Waals surface area (Å²) < 4.78 is 0. The lowest BCUT2D eigenvalue weighted by atomic mass is 9.87. The van der Waals surface area contributed by atoms with E-state index in [1.54, 1.807) is 0 Å². The third kappa shape index (κ3) is 2.96. The van der Waals surface area contributed by atoms with Crippen molar-refractivity contribution in [2.24, 2.45) is 11.1 Å². The quantitative estimate of drug-likeness (QED) is 0.626. The summed E-state index contributed by atoms with van der Waals surface area (Å²) in [6, 6.07) is 1.51. The molecule has 104 valence electrons. The first-order valence-corrected chi connectivity index (χ1v) is 6.46. The van der Waals surface area contributed by atoms with Crippen LogP contribution in [0.25, 0.3) is 0 Å². The highest BCUT2D eigenvalue weighted by Crippen LogP contribution is 2.37. The van der Waals surface area contributed by atoms with E-state index < -0.39 is 5.91 Å². The number of rotatable bonds is 5. The molecule has 0 aliphatic heterocycles. The number of nitrogen functional groups attached to an aromatic ring is 1. The first kappa shape index (κ1) is 13.6. The van der Waals surface area contributed by atoms with E-state index in [0.717, 1.165) is 25.7 Å². The number of aromatic nitrogens is 1. The Morgan fingerprint density at radius 2 is 2.16 bits per heavy atom. The molecule has 1 saturated carbocycles. The summed E-state index contributed by atoms with van der Waals surface area (Å²) in [5, 5.41) is 12.7. The maximum absolute atomic E-state index is 11.4. The molecule has 0 radical (unpaired) electrons. The van der Waals surface area contributed by atoms with Gasteiger partial charge in [0.05, 0.1) is 24.1 Å². The molecule has 0 bridgehead atoms. The number of nitrogens with two attached hydrogens (primary N) is 2. The molecule has 1 aliphatic carbocycles. The normalized spacial score (nSPS) is 17.3. The van der Waals surface area contributed by atoms with Crippen molar-refractivity contribution >= 4 is 17.4 Å². The SMILES string of the molecule is NC(=O)c1cc(N)cnc1NCC1(CO)CCCC1. The second-order valence-corrected chi connectivity index (χ2v) is 5.25. The first-order chi connectivity index (χ1) is 9.06. The standard InChI is InChI=1S/C13H20N4O2/c14-9-5-10(11(15)19)12(16-6-9)17-7-13(8-18)3-1-2-4-13/h5-6,18H,1-4,7-8,14H2,(H2,15,19)(H,16,17). The summed E-state index contributed by atoms with van der Waals surface area (Å²) in [6.07, 6.45) is 5.70. The van der Waals surface area contributed by atoms with Gasteiger partial charge in [0.2, 0.25) is 0 Å². The van der Waals surface area contributed by atoms with Crippen LogP contribution in [0.3, 0.4) is 0 Å². The molecule has 0 aromatic carbocycles. The lowest BCUT2D eigenvalue weighted by Crippen LogP contribution is -2.31. The zero-order valence-corrected chi connectivity index (χ0v) is 10.9. The second kappa shape index (κ2) is 5.44. The number of anilines is 2. The van der Waals surface area contributed by atoms with Crippen LogP contribution >= 0.6 is 0 Å². The number of aliphatic hydroxyl groups excluding tert-OH is 1. The topological polar surface area (TPSA) is 114 Å². The van der Waals surface area contributed by atoms with Gasteiger partial charge in [-0.05, 0) is 18.9 Å². The van der Waals surface area contributed by atoms with Crippen molar-refractivity contribution < 1.29 is 9.90 Å². The molecule has 19 heavy (non-hydrogen) atoms. The fourth-order valence-corrected chi connectivity index (χ4v) is 2.60. The van der Waals surface area contributed by atoms with Crippen molar-refractivity contribution in [1.29, 1.82) is 0 Å². The fraction of sp³-hybridized carbons (Fsp3) is 0.538. The average Bonchev–Trinajstić information content (AvgIpc) is 2.86. The molecule has 1 amide bonds. The van der Waals surface area contributed by atoms with E-state index in [-0.39, 0.29) is 17.6 Å². The Hall–Kier alpha value is -1.82. The number of hydrogen-bond donors (Lipinski definition) is 4. The molecule has 0 spiro atoms. The number of nitrogens with one attached hydrogen (secondary N) is 1. The van der Waals surface area contributed by atoms with Gasteiger partial charge in [-0.2, -0.15) is 0 Å². The van der Waals surface area contributed by atoms with E-state index >= 15 is 0 Å². The summed E-state index contributed by atoms with van der Waals surface area (Å²) in [6.45, 7) is 0.724. The number of primary amides is 1. The number of carbonyl (C=O) groups is 1. The minimum atomic E-state index is -0.563. The van der Waals surface area contributed by atoms with E-state index in [4.69, 9.17) is 11.5 Å². The van der Waals surface area contributed by atoms with Crippen LogP contribution in [0, 0.1) is 5.41 Å². The van der Waals surface area contributed by atoms with Crippen LogP contribution in [0.1, 0.15) is 36.0 Å². The van der Waals surface area contributed by atoms with E-state index in [1.165, 1.54) is 12.3 Å². The van der Waals surface area contributed by atoms with Gasteiger partial charge in [-0.1, -0.05) is 12.8 Å². The molecule has 0 atom stereocenters. The van der Waals surface area contributed by atoms with Crippen molar-refractivity contribution in [1.82, 2.24) is 4.98 Å². The van der Waals surface area contributed by atoms with E-state index in [9.17, 15) is 9.90 Å². The van der Waals surface area contributed by atoms with Crippen molar-refractivity contribution in [3.05, 3.63) is 17.8 Å². The molecule has 1 heterocycles. The summed E-state index contributed by atoms with van der Waals surface area (Å²) in [5.74, 6) is -0.131. The van der Waals surface area contributed by atoms with Crippen LogP contribution in [0.4, 0.5) is 11.5 Å². The van der Waals surface area contributed by atoms with Crippen LogP contribution < -0.4 is 16.8 Å². The summed E-state index contributed by atoms with van der Waals surface area (Å²) in [5.41, 5.74) is 11.5. The minimum absolute atomic E-state index is 0.113. The van der Waals surface area contributed by atoms with Crippen LogP contribution in [0.15, 0.2) is 12.3 Å². The second-order valence-electron chi connectivity index (χ2n) is 5.25. The Kier molecular flexibility index (Phi) is 3.90. The highest BCUT2D eigenvalue weighted by molar-refractivity contribution is 5.98. The summed E-state index contributed by atoms with van der Waals surface area (Å²) >= 11 is 0. The fourth-order valence-electron chi connectivity index (χ4n) is 2.60. The van der Waals surface area contributed by atoms with Gasteiger partial charge in [0.25, 0.3) is 5.91 Å². The van der Waals surface area contributed by atoms with E-state index in [1.807, 2.05) is 0 Å². The van der Waals surface area contributed by atoms with Crippen molar-refractivity contribution in [3.8, 4) is 0 Å². The number of amides is 1. The van der Waals surface area contributed by atoms with Crippen LogP contribution in [0.2, 0.25) is 0 Å². The Morgan fingerprint density at radius 3 is 2.74 bits per heavy atom. The smallest absolute Gasteiger partial charge is 0.252 e. The third-order valence-corrected chi connectivity index (χ3v) is 3.80. The average molecular weight is 264 g/mol. The van der Waals surface area contributed by atoms with Gasteiger partial charge < -0.3 is 21.9 Å². The van der Waals surface area contributed by atoms with Crippen molar-refractivity contribution in [3.63, 3.8) is 0 Å². The Morgan fingerprint density at radius 1 is 1.47 bits per heavy atom. The Balaban J connectivity index is 2.13. The van der Waals surface area contributed by atoms with Gasteiger partial charge in [-0.3, -0.25) is 4.79 Å². The molecule has 1 aliphatic rings. The zero-order valence-electron chi connectivity index (χ0n) is 10.9. The van der Waals surface area contributed by atoms with Crippen molar-refractivity contribution in [2.45, 2.75) is 25.7 Å². The molecule has 6 N–H and O–H groups in total. The number of aliphatic hydroxyl groups is 1. The number of pyridine rings is 1. The molecular weight excluding hydrogens is 244 g/mol. The number of carbonyl (C=O) groups excluding carboxylic acids is 1. The van der Waals surface area contributed by atoms with Gasteiger partial charge in [0, 0.05) is 12.0 Å². The molecule has 0 saturated heterocycles. The maximum atomic E-state index is 11.4. The lowest BCUT2D eigenvalue weighted by molar-refractivity contribution is 0.100. The van der Waals surface area contributed by atoms with Gasteiger partial charge >= 0.3 is 0 Å².